The molecular weight excluding hydrogens is 400 g/mol. The third kappa shape index (κ3) is 3.56. The predicted molar refractivity (Wildman–Crippen MR) is 104 cm³/mol. The highest BCUT2D eigenvalue weighted by Crippen LogP contribution is 2.47. The molecule has 1 aromatic heterocycles. The molecule has 4 nitrogen and oxygen atoms in total. The molecule has 2 aromatic rings. The summed E-state index contributed by atoms with van der Waals surface area (Å²) in [6.45, 7) is 7.41. The summed E-state index contributed by atoms with van der Waals surface area (Å²) in [5, 5.41) is 1.26. The van der Waals surface area contributed by atoms with Crippen LogP contribution >= 0.6 is 27.3 Å². The van der Waals surface area contributed by atoms with Crippen LogP contribution in [0.15, 0.2) is 22.7 Å². The highest BCUT2D eigenvalue weighted by molar-refractivity contribution is 9.10. The van der Waals surface area contributed by atoms with Gasteiger partial charge >= 0.3 is 6.09 Å². The van der Waals surface area contributed by atoms with Crippen molar-refractivity contribution in [2.75, 3.05) is 13.1 Å². The van der Waals surface area contributed by atoms with Crippen LogP contribution in [0, 0.1) is 11.8 Å². The molecule has 6 heteroatoms. The molecule has 2 aliphatic rings. The van der Waals surface area contributed by atoms with Crippen molar-refractivity contribution in [2.45, 2.75) is 45.1 Å². The summed E-state index contributed by atoms with van der Waals surface area (Å²) >= 11 is 5.34. The van der Waals surface area contributed by atoms with Gasteiger partial charge in [-0.25, -0.2) is 9.78 Å². The Morgan fingerprint density at radius 1 is 1.28 bits per heavy atom. The minimum atomic E-state index is -0.424. The van der Waals surface area contributed by atoms with Crippen LogP contribution in [-0.2, 0) is 4.74 Å². The number of amides is 1. The molecule has 2 fully saturated rings. The number of benzene rings is 1. The molecule has 1 amide bonds. The molecule has 134 valence electrons. The maximum atomic E-state index is 12.3. The minimum absolute atomic E-state index is 0.164. The Labute approximate surface area is 160 Å². The third-order valence-electron chi connectivity index (χ3n) is 5.12. The van der Waals surface area contributed by atoms with E-state index in [9.17, 15) is 4.79 Å². The van der Waals surface area contributed by atoms with Gasteiger partial charge < -0.3 is 9.64 Å². The van der Waals surface area contributed by atoms with Gasteiger partial charge in [-0.3, -0.25) is 0 Å². The molecule has 0 bridgehead atoms. The minimum Gasteiger partial charge on any atom is -0.444 e. The molecule has 1 aromatic carbocycles. The van der Waals surface area contributed by atoms with Crippen molar-refractivity contribution in [1.82, 2.24) is 9.88 Å². The summed E-state index contributed by atoms with van der Waals surface area (Å²) in [5.41, 5.74) is 0.661. The number of hydrogen-bond donors (Lipinski definition) is 0. The van der Waals surface area contributed by atoms with E-state index >= 15 is 0 Å². The number of ether oxygens (including phenoxy) is 1. The van der Waals surface area contributed by atoms with Crippen LogP contribution in [0.5, 0.6) is 0 Å². The quantitative estimate of drug-likeness (QED) is 0.615. The van der Waals surface area contributed by atoms with E-state index in [1.807, 2.05) is 37.0 Å². The number of thiazole rings is 1. The average Bonchev–Trinajstić information content (AvgIpc) is 3.15. The summed E-state index contributed by atoms with van der Waals surface area (Å²) in [4.78, 5) is 19.0. The van der Waals surface area contributed by atoms with Crippen LogP contribution < -0.4 is 0 Å². The van der Waals surface area contributed by atoms with Gasteiger partial charge in [-0.1, -0.05) is 15.9 Å². The van der Waals surface area contributed by atoms with E-state index in [1.165, 1.54) is 9.71 Å². The lowest BCUT2D eigenvalue weighted by molar-refractivity contribution is 0.0279. The fourth-order valence-corrected chi connectivity index (χ4v) is 5.49. The molecule has 3 atom stereocenters. The smallest absolute Gasteiger partial charge is 0.410 e. The van der Waals surface area contributed by atoms with Crippen LogP contribution in [0.3, 0.4) is 0 Å². The number of aromatic nitrogens is 1. The van der Waals surface area contributed by atoms with E-state index in [0.29, 0.717) is 17.8 Å². The lowest BCUT2D eigenvalue weighted by Crippen LogP contribution is -2.36. The summed E-state index contributed by atoms with van der Waals surface area (Å²) < 4.78 is 7.85. The van der Waals surface area contributed by atoms with Crippen molar-refractivity contribution in [2.24, 2.45) is 11.8 Å². The van der Waals surface area contributed by atoms with Crippen molar-refractivity contribution in [3.63, 3.8) is 0 Å². The number of carbonyl (C=O) groups excluding carboxylic acids is 1. The van der Waals surface area contributed by atoms with Gasteiger partial charge in [-0.15, -0.1) is 11.3 Å². The van der Waals surface area contributed by atoms with Crippen LogP contribution in [0.25, 0.3) is 10.2 Å². The molecule has 2 heterocycles. The van der Waals surface area contributed by atoms with E-state index in [0.717, 1.165) is 35.9 Å². The molecule has 0 unspecified atom stereocenters. The zero-order valence-electron chi connectivity index (χ0n) is 14.8. The highest BCUT2D eigenvalue weighted by Gasteiger charge is 2.44. The van der Waals surface area contributed by atoms with Crippen molar-refractivity contribution < 1.29 is 9.53 Å². The van der Waals surface area contributed by atoms with Gasteiger partial charge in [0.1, 0.15) is 5.60 Å². The summed E-state index contributed by atoms with van der Waals surface area (Å²) in [6, 6.07) is 6.31. The van der Waals surface area contributed by atoms with Gasteiger partial charge in [0.05, 0.1) is 15.2 Å². The largest absolute Gasteiger partial charge is 0.444 e. The topological polar surface area (TPSA) is 42.4 Å². The van der Waals surface area contributed by atoms with Crippen LogP contribution in [0.1, 0.15) is 44.5 Å². The standard InChI is InChI=1S/C19H23BrN2O2S/c1-19(2,3)24-18(23)22-9-12-6-11(7-13(12)10-22)17-21-15-8-14(20)4-5-16(15)25-17/h4-5,8,11-13H,6-7,9-10H2,1-3H3/t11-,12+,13-. The second-order valence-electron chi connectivity index (χ2n) is 8.24. The zero-order valence-corrected chi connectivity index (χ0v) is 17.2. The molecule has 0 radical (unpaired) electrons. The van der Waals surface area contributed by atoms with Crippen molar-refractivity contribution in [1.29, 1.82) is 0 Å². The number of halogens is 1. The Bertz CT molecular complexity index is 799. The van der Waals surface area contributed by atoms with Gasteiger partial charge in [0.2, 0.25) is 0 Å². The first-order valence-corrected chi connectivity index (χ1v) is 10.4. The monoisotopic (exact) mass is 422 g/mol. The SMILES string of the molecule is CC(C)(C)OC(=O)N1C[C@H]2C[C@H](c3nc4cc(Br)ccc4s3)C[C@H]2C1. The molecule has 0 N–H and O–H groups in total. The van der Waals surface area contributed by atoms with Gasteiger partial charge in [0.25, 0.3) is 0 Å². The molecule has 1 saturated heterocycles. The lowest BCUT2D eigenvalue weighted by atomic mass is 10.0. The second-order valence-corrected chi connectivity index (χ2v) is 10.2. The molecule has 1 aliphatic carbocycles. The number of fused-ring (bicyclic) bond motifs is 2. The van der Waals surface area contributed by atoms with Gasteiger partial charge in [-0.05, 0) is 63.6 Å². The van der Waals surface area contributed by atoms with Gasteiger partial charge in [0.15, 0.2) is 0 Å². The van der Waals surface area contributed by atoms with E-state index < -0.39 is 5.60 Å². The van der Waals surface area contributed by atoms with Crippen LogP contribution in [0.4, 0.5) is 4.79 Å². The van der Waals surface area contributed by atoms with E-state index in [4.69, 9.17) is 9.72 Å². The molecule has 1 saturated carbocycles. The Hall–Kier alpha value is -1.14. The van der Waals surface area contributed by atoms with E-state index in [1.54, 1.807) is 0 Å². The van der Waals surface area contributed by atoms with Crippen LogP contribution in [0.2, 0.25) is 0 Å². The second kappa shape index (κ2) is 6.23. The first-order chi connectivity index (χ1) is 11.8. The number of rotatable bonds is 1. The van der Waals surface area contributed by atoms with E-state index in [-0.39, 0.29) is 6.09 Å². The normalized spacial score (nSPS) is 26.2. The van der Waals surface area contributed by atoms with Crippen molar-refractivity contribution in [3.05, 3.63) is 27.7 Å². The first kappa shape index (κ1) is 17.3. The number of likely N-dealkylation sites (tertiary alicyclic amines) is 1. The molecule has 1 aliphatic heterocycles. The predicted octanol–water partition coefficient (Wildman–Crippen LogP) is 5.42. The summed E-state index contributed by atoms with van der Waals surface area (Å²) in [5.74, 6) is 1.69. The van der Waals surface area contributed by atoms with Crippen molar-refractivity contribution in [3.8, 4) is 0 Å². The molecule has 0 spiro atoms. The Balaban J connectivity index is 1.42. The number of nitrogens with zero attached hydrogens (tertiary/aromatic N) is 2. The van der Waals surface area contributed by atoms with Gasteiger partial charge in [0, 0.05) is 23.5 Å². The lowest BCUT2D eigenvalue weighted by Gasteiger charge is -2.25. The first-order valence-electron chi connectivity index (χ1n) is 8.82. The van der Waals surface area contributed by atoms with E-state index in [2.05, 4.69) is 34.1 Å². The molecule has 4 rings (SSSR count). The van der Waals surface area contributed by atoms with Crippen LogP contribution in [-0.4, -0.2) is 34.7 Å². The molecule has 25 heavy (non-hydrogen) atoms. The highest BCUT2D eigenvalue weighted by atomic mass is 79.9. The zero-order chi connectivity index (χ0) is 17.8. The average molecular weight is 423 g/mol. The Kier molecular flexibility index (Phi) is 4.31. The van der Waals surface area contributed by atoms with Crippen molar-refractivity contribution >= 4 is 43.6 Å². The maximum absolute atomic E-state index is 12.3. The number of hydrogen-bond acceptors (Lipinski definition) is 4. The Morgan fingerprint density at radius 2 is 1.96 bits per heavy atom. The molecular formula is C19H23BrN2O2S. The maximum Gasteiger partial charge on any atom is 0.410 e. The third-order valence-corrected chi connectivity index (χ3v) is 6.81. The fourth-order valence-electron chi connectivity index (χ4n) is 4.07. The Morgan fingerprint density at radius 3 is 2.60 bits per heavy atom. The summed E-state index contributed by atoms with van der Waals surface area (Å²) in [6.07, 6.45) is 2.10. The number of carbonyl (C=O) groups is 1. The fraction of sp³-hybridized carbons (Fsp3) is 0.579. The van der Waals surface area contributed by atoms with Gasteiger partial charge in [-0.2, -0.15) is 0 Å². The summed E-state index contributed by atoms with van der Waals surface area (Å²) in [7, 11) is 0.